The predicted molar refractivity (Wildman–Crippen MR) is 98.6 cm³/mol. The summed E-state index contributed by atoms with van der Waals surface area (Å²) in [5.74, 6) is -1.71. The molecule has 6 nitrogen and oxygen atoms in total. The molecular weight excluding hydrogens is 343 g/mol. The number of amides is 1. The minimum Gasteiger partial charge on any atom is -0.862 e. The second-order valence-corrected chi connectivity index (χ2v) is 7.02. The first-order valence-electron chi connectivity index (χ1n) is 9.59. The van der Waals surface area contributed by atoms with Crippen LogP contribution in [0.1, 0.15) is 85.0 Å². The Morgan fingerprint density at radius 2 is 1.58 bits per heavy atom. The average Bonchev–Trinajstić information content (AvgIpc) is 2.54. The van der Waals surface area contributed by atoms with Gasteiger partial charge in [0.25, 0.3) is 0 Å². The van der Waals surface area contributed by atoms with Gasteiger partial charge in [0.2, 0.25) is 5.91 Å². The Morgan fingerprint density at radius 1 is 1.04 bits per heavy atom. The van der Waals surface area contributed by atoms with E-state index in [1.54, 1.807) is 0 Å². The number of aliphatic imine (C=N–C) groups is 1. The Morgan fingerprint density at radius 3 is 2.08 bits per heavy atom. The Labute approximate surface area is 180 Å². The van der Waals surface area contributed by atoms with Gasteiger partial charge < -0.3 is 15.5 Å². The van der Waals surface area contributed by atoms with Gasteiger partial charge >= 0.3 is 35.5 Å². The van der Waals surface area contributed by atoms with Crippen molar-refractivity contribution in [3.05, 3.63) is 0 Å². The van der Waals surface area contributed by atoms with E-state index in [0.717, 1.165) is 19.3 Å². The Bertz CT molecular complexity index is 414. The third-order valence-corrected chi connectivity index (χ3v) is 3.98. The molecule has 0 aliphatic carbocycles. The number of nitrogens with one attached hydrogen (secondary N) is 1. The number of carbonyl (C=O) groups is 2. The van der Waals surface area contributed by atoms with Gasteiger partial charge in [0.05, 0.1) is 0 Å². The third kappa shape index (κ3) is 16.9. The topological polar surface area (TPSA) is 102 Å². The van der Waals surface area contributed by atoms with Gasteiger partial charge in [-0.05, 0) is 31.1 Å². The molecule has 0 fully saturated rings. The maximum atomic E-state index is 11.7. The summed E-state index contributed by atoms with van der Waals surface area (Å²) in [4.78, 5) is 26.5. The van der Waals surface area contributed by atoms with Crippen LogP contribution in [0.3, 0.4) is 0 Å². The van der Waals surface area contributed by atoms with Crippen LogP contribution in [0.15, 0.2) is 4.99 Å². The van der Waals surface area contributed by atoms with E-state index < -0.39 is 17.9 Å². The second kappa shape index (κ2) is 17.8. The molecule has 146 valence electrons. The van der Waals surface area contributed by atoms with Crippen molar-refractivity contribution in [2.75, 3.05) is 6.54 Å². The molecule has 0 aromatic carbocycles. The average molecular weight is 378 g/mol. The van der Waals surface area contributed by atoms with Gasteiger partial charge in [0.15, 0.2) is 0 Å². The monoisotopic (exact) mass is 378 g/mol. The predicted octanol–water partition coefficient (Wildman–Crippen LogP) is -0.104. The van der Waals surface area contributed by atoms with Crippen LogP contribution < -0.4 is 40.0 Å². The summed E-state index contributed by atoms with van der Waals surface area (Å²) in [6, 6.07) is -0.925. The molecule has 0 radical (unpaired) electrons. The number of hydrogen-bond donors (Lipinski definition) is 2. The molecule has 0 bridgehead atoms. The molecule has 0 saturated heterocycles. The molecule has 1 amide bonds. The fourth-order valence-electron chi connectivity index (χ4n) is 2.58. The molecule has 7 heteroatoms. The van der Waals surface area contributed by atoms with E-state index in [2.05, 4.69) is 17.2 Å². The van der Waals surface area contributed by atoms with E-state index in [-0.39, 0.29) is 47.9 Å². The van der Waals surface area contributed by atoms with Crippen LogP contribution in [-0.2, 0) is 9.59 Å². The number of aliphatic carboxylic acids is 1. The smallest absolute Gasteiger partial charge is 0.862 e. The largest absolute Gasteiger partial charge is 1.00 e. The van der Waals surface area contributed by atoms with Crippen LogP contribution >= 0.6 is 0 Å². The maximum absolute atomic E-state index is 11.7. The van der Waals surface area contributed by atoms with Gasteiger partial charge in [0.1, 0.15) is 12.6 Å². The van der Waals surface area contributed by atoms with Crippen LogP contribution in [0.2, 0.25) is 0 Å². The summed E-state index contributed by atoms with van der Waals surface area (Å²) in [6.07, 6.45) is 9.93. The molecule has 0 heterocycles. The second-order valence-electron chi connectivity index (χ2n) is 7.02. The number of carbonyl (C=O) groups excluding carboxylic acids is 1. The van der Waals surface area contributed by atoms with Crippen molar-refractivity contribution in [1.82, 2.24) is 5.32 Å². The van der Waals surface area contributed by atoms with Gasteiger partial charge in [0, 0.05) is 0 Å². The summed E-state index contributed by atoms with van der Waals surface area (Å²) < 4.78 is 0. The first-order valence-corrected chi connectivity index (χ1v) is 9.59. The fraction of sp³-hybridized carbons (Fsp3) is 0.842. The number of carboxylic acid groups (broad SMARTS) is 1. The van der Waals surface area contributed by atoms with Crippen molar-refractivity contribution in [2.45, 2.75) is 91.0 Å². The maximum Gasteiger partial charge on any atom is 1.00 e. The Hall–Kier alpha value is -0.590. The molecule has 2 N–H and O–H groups in total. The van der Waals surface area contributed by atoms with Crippen LogP contribution in [0.4, 0.5) is 0 Å². The quantitative estimate of drug-likeness (QED) is 0.180. The van der Waals surface area contributed by atoms with Crippen LogP contribution in [0, 0.1) is 5.92 Å². The van der Waals surface area contributed by atoms with Crippen molar-refractivity contribution in [1.29, 1.82) is 0 Å². The van der Waals surface area contributed by atoms with E-state index in [9.17, 15) is 14.7 Å². The van der Waals surface area contributed by atoms with Crippen molar-refractivity contribution in [3.63, 3.8) is 0 Å². The van der Waals surface area contributed by atoms with E-state index >= 15 is 0 Å². The van der Waals surface area contributed by atoms with Crippen LogP contribution in [-0.4, -0.2) is 35.5 Å². The zero-order valence-corrected chi connectivity index (χ0v) is 19.1. The standard InChI is InChI=1S/C19H36N2O4.Na/c1-4-5-6-7-8-9-10-11-12-17(22)20-14-18(23)21-16(19(24)25)13-15(2)3;/h15-16H,4-14H2,1-3H3,(H,20,22)(H,21,23)(H,24,25);/q;+1/p-1/t16-;/m0./s1. The van der Waals surface area contributed by atoms with E-state index in [0.29, 0.717) is 12.8 Å². The zero-order chi connectivity index (χ0) is 19.1. The molecule has 26 heavy (non-hydrogen) atoms. The van der Waals surface area contributed by atoms with E-state index in [1.165, 1.54) is 32.1 Å². The fourth-order valence-corrected chi connectivity index (χ4v) is 2.58. The number of carboxylic acids is 1. The van der Waals surface area contributed by atoms with Crippen molar-refractivity contribution in [2.24, 2.45) is 10.9 Å². The molecule has 0 aliphatic heterocycles. The molecule has 0 saturated carbocycles. The molecule has 0 aliphatic rings. The number of hydrogen-bond acceptors (Lipinski definition) is 4. The normalized spacial score (nSPS) is 12.5. The van der Waals surface area contributed by atoms with Gasteiger partial charge in [-0.2, -0.15) is 0 Å². The summed E-state index contributed by atoms with van der Waals surface area (Å²) in [5.41, 5.74) is 0. The van der Waals surface area contributed by atoms with Crippen LogP contribution in [0.25, 0.3) is 0 Å². The van der Waals surface area contributed by atoms with Crippen molar-refractivity contribution < 1.29 is 49.4 Å². The SMILES string of the molecule is CCCCCCCCCCC([O-])=NCC(=O)N[C@@H](CC(C)C)C(=O)O.[Na+]. The molecule has 1 atom stereocenters. The molecular formula is C19H35N2NaO4. The van der Waals surface area contributed by atoms with Crippen molar-refractivity contribution in [3.8, 4) is 0 Å². The van der Waals surface area contributed by atoms with Gasteiger partial charge in [-0.25, -0.2) is 4.79 Å². The number of unbranched alkanes of at least 4 members (excludes halogenated alkanes) is 7. The van der Waals surface area contributed by atoms with Crippen LogP contribution in [0.5, 0.6) is 0 Å². The number of nitrogens with zero attached hydrogens (tertiary/aromatic N) is 1. The molecule has 0 spiro atoms. The molecule has 0 rings (SSSR count). The Kier molecular flexibility index (Phi) is 18.9. The Balaban J connectivity index is 0. The minimum absolute atomic E-state index is 0. The summed E-state index contributed by atoms with van der Waals surface area (Å²) in [5, 5.41) is 23.1. The van der Waals surface area contributed by atoms with Crippen molar-refractivity contribution >= 4 is 17.8 Å². The third-order valence-electron chi connectivity index (χ3n) is 3.98. The first-order chi connectivity index (χ1) is 11.9. The number of rotatable bonds is 15. The molecule has 0 aromatic rings. The van der Waals surface area contributed by atoms with Gasteiger partial charge in [-0.15, -0.1) is 0 Å². The minimum atomic E-state index is -1.06. The molecule has 0 aromatic heterocycles. The summed E-state index contributed by atoms with van der Waals surface area (Å²) in [7, 11) is 0. The zero-order valence-electron chi connectivity index (χ0n) is 17.1. The summed E-state index contributed by atoms with van der Waals surface area (Å²) >= 11 is 0. The summed E-state index contributed by atoms with van der Waals surface area (Å²) in [6.45, 7) is 5.68. The van der Waals surface area contributed by atoms with E-state index in [1.807, 2.05) is 13.8 Å². The van der Waals surface area contributed by atoms with E-state index in [4.69, 9.17) is 5.11 Å². The molecule has 0 unspecified atom stereocenters. The first kappa shape index (κ1) is 27.6. The van der Waals surface area contributed by atoms with Gasteiger partial charge in [-0.1, -0.05) is 65.7 Å². The van der Waals surface area contributed by atoms with Gasteiger partial charge in [-0.3, -0.25) is 9.79 Å².